The molecule has 0 N–H and O–H groups in total. The van der Waals surface area contributed by atoms with E-state index in [1.54, 1.807) is 22.6 Å². The predicted octanol–water partition coefficient (Wildman–Crippen LogP) is 2.25. The molecule has 0 aliphatic rings. The minimum absolute atomic E-state index is 0.0185. The molecule has 0 saturated carbocycles. The van der Waals surface area contributed by atoms with Gasteiger partial charge >= 0.3 is 5.69 Å². The Bertz CT molecular complexity index is 305. The number of nitro groups is 1. The Labute approximate surface area is 80.9 Å². The van der Waals surface area contributed by atoms with Crippen LogP contribution in [0.5, 0.6) is 0 Å². The maximum absolute atomic E-state index is 10.3. The largest absolute Gasteiger partial charge is 0.301 e. The van der Waals surface area contributed by atoms with Crippen molar-refractivity contribution in [3.8, 4) is 0 Å². The van der Waals surface area contributed by atoms with Gasteiger partial charge < -0.3 is 0 Å². The lowest BCUT2D eigenvalue weighted by atomic mass is 10.4. The first-order valence-corrected chi connectivity index (χ1v) is 4.03. The number of pyridine rings is 1. The van der Waals surface area contributed by atoms with Crippen LogP contribution >= 0.6 is 34.2 Å². The van der Waals surface area contributed by atoms with E-state index in [4.69, 9.17) is 11.6 Å². The summed E-state index contributed by atoms with van der Waals surface area (Å²) in [6, 6.07) is 2.72. The molecule has 11 heavy (non-hydrogen) atoms. The second-order valence-electron chi connectivity index (χ2n) is 1.70. The molecule has 0 atom stereocenters. The van der Waals surface area contributed by atoms with Crippen LogP contribution in [0.2, 0.25) is 5.15 Å². The third kappa shape index (κ3) is 2.00. The Kier molecular flexibility index (Phi) is 2.61. The molecule has 0 saturated heterocycles. The van der Waals surface area contributed by atoms with Gasteiger partial charge in [-0.1, -0.05) is 11.6 Å². The van der Waals surface area contributed by atoms with Crippen LogP contribution in [0, 0.1) is 13.8 Å². The van der Waals surface area contributed by atoms with Gasteiger partial charge in [-0.25, -0.2) is 4.98 Å². The molecule has 4 nitrogen and oxygen atoms in total. The molecule has 0 unspecified atom stereocenters. The van der Waals surface area contributed by atoms with Gasteiger partial charge in [0.2, 0.25) is 0 Å². The number of hydrogen-bond acceptors (Lipinski definition) is 3. The van der Waals surface area contributed by atoms with E-state index < -0.39 is 4.92 Å². The number of rotatable bonds is 1. The van der Waals surface area contributed by atoms with Gasteiger partial charge in [-0.2, -0.15) is 0 Å². The van der Waals surface area contributed by atoms with Gasteiger partial charge in [-0.15, -0.1) is 0 Å². The van der Waals surface area contributed by atoms with E-state index in [0.29, 0.717) is 3.70 Å². The zero-order valence-corrected chi connectivity index (χ0v) is 8.03. The van der Waals surface area contributed by atoms with Gasteiger partial charge in [0.25, 0.3) is 0 Å². The molecule has 6 heteroatoms. The van der Waals surface area contributed by atoms with Crippen molar-refractivity contribution >= 4 is 39.9 Å². The number of nitrogens with zero attached hydrogens (tertiary/aromatic N) is 2. The minimum atomic E-state index is -0.495. The Morgan fingerprint density at radius 1 is 1.64 bits per heavy atom. The summed E-state index contributed by atoms with van der Waals surface area (Å²) in [5.74, 6) is 0. The van der Waals surface area contributed by atoms with Crippen LogP contribution in [0.1, 0.15) is 0 Å². The quantitative estimate of drug-likeness (QED) is 0.344. The first kappa shape index (κ1) is 8.66. The molecule has 0 amide bonds. The zero-order chi connectivity index (χ0) is 8.43. The molecular weight excluding hydrogens is 282 g/mol. The van der Waals surface area contributed by atoms with E-state index in [1.165, 1.54) is 12.1 Å². The fourth-order valence-electron chi connectivity index (χ4n) is 0.541. The lowest BCUT2D eigenvalue weighted by Crippen LogP contribution is -1.93. The summed E-state index contributed by atoms with van der Waals surface area (Å²) in [7, 11) is 0. The second kappa shape index (κ2) is 3.31. The minimum Gasteiger partial charge on any atom is -0.258 e. The van der Waals surface area contributed by atoms with Crippen molar-refractivity contribution in [1.29, 1.82) is 0 Å². The molecule has 0 aliphatic heterocycles. The smallest absolute Gasteiger partial charge is 0.258 e. The molecular formula is C5H2ClIN2O2. The molecule has 1 aromatic rings. The molecule has 0 radical (unpaired) electrons. The SMILES string of the molecule is O=[N+]([O-])c1ccc(Cl)nc1I. The van der Waals surface area contributed by atoms with Gasteiger partial charge in [0.1, 0.15) is 5.15 Å². The van der Waals surface area contributed by atoms with Crippen LogP contribution in [-0.2, 0) is 0 Å². The van der Waals surface area contributed by atoms with E-state index in [0.717, 1.165) is 0 Å². The lowest BCUT2D eigenvalue weighted by Gasteiger charge is -1.93. The first-order chi connectivity index (χ1) is 5.11. The third-order valence-electron chi connectivity index (χ3n) is 0.992. The Hall–Kier alpha value is -0.430. The van der Waals surface area contributed by atoms with Crippen molar-refractivity contribution in [3.63, 3.8) is 0 Å². The second-order valence-corrected chi connectivity index (χ2v) is 3.11. The van der Waals surface area contributed by atoms with Crippen LogP contribution in [-0.4, -0.2) is 9.91 Å². The summed E-state index contributed by atoms with van der Waals surface area (Å²) in [5, 5.41) is 10.5. The summed E-state index contributed by atoms with van der Waals surface area (Å²) in [6.45, 7) is 0. The third-order valence-corrected chi connectivity index (χ3v) is 2.00. The standard InChI is InChI=1S/C5H2ClIN2O2/c6-4-2-1-3(9(10)11)5(7)8-4/h1-2H. The predicted molar refractivity (Wildman–Crippen MR) is 48.6 cm³/mol. The fourth-order valence-corrected chi connectivity index (χ4v) is 1.47. The van der Waals surface area contributed by atoms with Crippen molar-refractivity contribution in [3.05, 3.63) is 31.1 Å². The van der Waals surface area contributed by atoms with E-state index in [1.807, 2.05) is 0 Å². The van der Waals surface area contributed by atoms with Gasteiger partial charge in [0, 0.05) is 6.07 Å². The molecule has 1 aromatic heterocycles. The molecule has 1 heterocycles. The molecule has 0 aromatic carbocycles. The van der Waals surface area contributed by atoms with Crippen LogP contribution in [0.25, 0.3) is 0 Å². The van der Waals surface area contributed by atoms with Crippen molar-refractivity contribution in [2.75, 3.05) is 0 Å². The topological polar surface area (TPSA) is 56.0 Å². The van der Waals surface area contributed by atoms with Crippen LogP contribution in [0.15, 0.2) is 12.1 Å². The summed E-state index contributed by atoms with van der Waals surface area (Å²) in [6.07, 6.45) is 0. The number of hydrogen-bond donors (Lipinski definition) is 0. The van der Waals surface area contributed by atoms with Crippen molar-refractivity contribution in [2.45, 2.75) is 0 Å². The highest BCUT2D eigenvalue weighted by molar-refractivity contribution is 14.1. The van der Waals surface area contributed by atoms with Crippen LogP contribution < -0.4 is 0 Å². The number of halogens is 2. The summed E-state index contributed by atoms with van der Waals surface area (Å²) in [4.78, 5) is 13.5. The Balaban J connectivity index is 3.20. The molecule has 1 rings (SSSR count). The molecule has 0 bridgehead atoms. The summed E-state index contributed by atoms with van der Waals surface area (Å²) < 4.78 is 0.306. The van der Waals surface area contributed by atoms with Crippen LogP contribution in [0.3, 0.4) is 0 Å². The van der Waals surface area contributed by atoms with E-state index in [-0.39, 0.29) is 10.8 Å². The monoisotopic (exact) mass is 284 g/mol. The average Bonchev–Trinajstić information content (AvgIpc) is 1.85. The Morgan fingerprint density at radius 2 is 2.27 bits per heavy atom. The van der Waals surface area contributed by atoms with Crippen LogP contribution in [0.4, 0.5) is 5.69 Å². The first-order valence-electron chi connectivity index (χ1n) is 2.57. The van der Waals surface area contributed by atoms with Crippen molar-refractivity contribution in [1.82, 2.24) is 4.98 Å². The molecule has 0 aliphatic carbocycles. The normalized spacial score (nSPS) is 9.64. The van der Waals surface area contributed by atoms with Gasteiger partial charge in [-0.3, -0.25) is 10.1 Å². The lowest BCUT2D eigenvalue weighted by molar-refractivity contribution is -0.386. The fraction of sp³-hybridized carbons (Fsp3) is 0. The van der Waals surface area contributed by atoms with E-state index in [9.17, 15) is 10.1 Å². The summed E-state index contributed by atoms with van der Waals surface area (Å²) >= 11 is 7.25. The average molecular weight is 284 g/mol. The summed E-state index contributed by atoms with van der Waals surface area (Å²) in [5.41, 5.74) is -0.0185. The molecule has 58 valence electrons. The Morgan fingerprint density at radius 3 is 2.73 bits per heavy atom. The van der Waals surface area contributed by atoms with Gasteiger partial charge in [0.05, 0.1) is 4.92 Å². The van der Waals surface area contributed by atoms with Crippen molar-refractivity contribution in [2.24, 2.45) is 0 Å². The zero-order valence-electron chi connectivity index (χ0n) is 5.12. The van der Waals surface area contributed by atoms with Gasteiger partial charge in [-0.05, 0) is 28.7 Å². The highest BCUT2D eigenvalue weighted by atomic mass is 127. The number of aromatic nitrogens is 1. The van der Waals surface area contributed by atoms with E-state index in [2.05, 4.69) is 4.98 Å². The highest BCUT2D eigenvalue weighted by Gasteiger charge is 2.11. The van der Waals surface area contributed by atoms with Gasteiger partial charge in [0.15, 0.2) is 3.70 Å². The molecule has 0 spiro atoms. The van der Waals surface area contributed by atoms with Crippen molar-refractivity contribution < 1.29 is 4.92 Å². The highest BCUT2D eigenvalue weighted by Crippen LogP contribution is 2.19. The van der Waals surface area contributed by atoms with E-state index >= 15 is 0 Å². The molecule has 0 fully saturated rings. The maximum atomic E-state index is 10.3. The maximum Gasteiger partial charge on any atom is 0.301 e.